The molecule has 1 amide bonds. The van der Waals surface area contributed by atoms with E-state index in [4.69, 9.17) is 21.4 Å². The zero-order chi connectivity index (χ0) is 19.6. The quantitative estimate of drug-likeness (QED) is 0.554. The third-order valence-electron chi connectivity index (χ3n) is 2.97. The fraction of sp³-hybridized carbons (Fsp3) is 0.846. The van der Waals surface area contributed by atoms with Gasteiger partial charge in [-0.2, -0.15) is 13.2 Å². The van der Waals surface area contributed by atoms with Crippen LogP contribution in [-0.4, -0.2) is 42.7 Å². The van der Waals surface area contributed by atoms with Gasteiger partial charge in [-0.1, -0.05) is 26.7 Å². The zero-order valence-corrected chi connectivity index (χ0v) is 14.5. The summed E-state index contributed by atoms with van der Waals surface area (Å²) in [4.78, 5) is 19.6. The number of primary amides is 1. The Kier molecular flexibility index (Phi) is 11.7. The number of aliphatic carboxylic acids is 1. The van der Waals surface area contributed by atoms with Gasteiger partial charge in [0.15, 0.2) is 9.84 Å². The fourth-order valence-electron chi connectivity index (χ4n) is 1.90. The SMILES string of the molecule is CCCC(CCC)CS(=O)(=O)C(N)CC(N)=O.O=C(O)C(F)(F)F. The molecule has 0 rings (SSSR count). The maximum Gasteiger partial charge on any atom is 0.490 e. The van der Waals surface area contributed by atoms with Crippen LogP contribution in [0.15, 0.2) is 0 Å². The third-order valence-corrected chi connectivity index (χ3v) is 4.99. The van der Waals surface area contributed by atoms with Crippen LogP contribution in [-0.2, 0) is 19.4 Å². The molecule has 1 unspecified atom stereocenters. The summed E-state index contributed by atoms with van der Waals surface area (Å²) in [7, 11) is -3.42. The van der Waals surface area contributed by atoms with E-state index < -0.39 is 33.3 Å². The van der Waals surface area contributed by atoms with E-state index >= 15 is 0 Å². The van der Waals surface area contributed by atoms with Crippen LogP contribution >= 0.6 is 0 Å². The summed E-state index contributed by atoms with van der Waals surface area (Å²) in [5.41, 5.74) is 10.5. The highest BCUT2D eigenvalue weighted by atomic mass is 32.2. The van der Waals surface area contributed by atoms with Gasteiger partial charge in [-0.15, -0.1) is 0 Å². The molecule has 0 aliphatic carbocycles. The number of hydrogen-bond donors (Lipinski definition) is 3. The van der Waals surface area contributed by atoms with Crippen molar-refractivity contribution in [3.63, 3.8) is 0 Å². The maximum atomic E-state index is 11.9. The highest BCUT2D eigenvalue weighted by Gasteiger charge is 2.38. The molecule has 1 atom stereocenters. The van der Waals surface area contributed by atoms with E-state index in [0.717, 1.165) is 25.7 Å². The van der Waals surface area contributed by atoms with Gasteiger partial charge in [0.1, 0.15) is 5.37 Å². The van der Waals surface area contributed by atoms with E-state index in [1.807, 2.05) is 13.8 Å². The van der Waals surface area contributed by atoms with Gasteiger partial charge in [0.2, 0.25) is 5.91 Å². The number of carbonyl (C=O) groups excluding carboxylic acids is 1. The molecule has 0 heterocycles. The molecule has 0 aromatic rings. The van der Waals surface area contributed by atoms with Gasteiger partial charge in [-0.05, 0) is 18.8 Å². The van der Waals surface area contributed by atoms with Gasteiger partial charge >= 0.3 is 12.1 Å². The number of carboxylic acid groups (broad SMARTS) is 1. The van der Waals surface area contributed by atoms with Crippen LogP contribution in [0.2, 0.25) is 0 Å². The Morgan fingerprint density at radius 2 is 1.50 bits per heavy atom. The molecule has 0 saturated heterocycles. The summed E-state index contributed by atoms with van der Waals surface area (Å²) in [5, 5.41) is 5.97. The first-order chi connectivity index (χ1) is 10.8. The lowest BCUT2D eigenvalue weighted by molar-refractivity contribution is -0.192. The minimum absolute atomic E-state index is 0.0587. The van der Waals surface area contributed by atoms with Crippen molar-refractivity contribution in [3.8, 4) is 0 Å². The average molecular weight is 378 g/mol. The first-order valence-electron chi connectivity index (χ1n) is 7.33. The van der Waals surface area contributed by atoms with Crippen LogP contribution in [0.5, 0.6) is 0 Å². The highest BCUT2D eigenvalue weighted by Crippen LogP contribution is 2.18. The minimum atomic E-state index is -5.08. The molecule has 144 valence electrons. The molecule has 24 heavy (non-hydrogen) atoms. The Bertz CT molecular complexity index is 488. The molecule has 11 heteroatoms. The van der Waals surface area contributed by atoms with Crippen molar-refractivity contribution in [3.05, 3.63) is 0 Å². The Morgan fingerprint density at radius 1 is 1.12 bits per heavy atom. The van der Waals surface area contributed by atoms with Crippen LogP contribution in [0.25, 0.3) is 0 Å². The van der Waals surface area contributed by atoms with Crippen molar-refractivity contribution in [1.82, 2.24) is 0 Å². The van der Waals surface area contributed by atoms with Crippen LogP contribution in [0.4, 0.5) is 13.2 Å². The van der Waals surface area contributed by atoms with Gasteiger partial charge in [0.05, 0.1) is 12.2 Å². The lowest BCUT2D eigenvalue weighted by atomic mass is 10.0. The molecule has 0 bridgehead atoms. The van der Waals surface area contributed by atoms with Crippen molar-refractivity contribution in [2.45, 2.75) is 57.5 Å². The largest absolute Gasteiger partial charge is 0.490 e. The molecular formula is C13H25F3N2O5S. The lowest BCUT2D eigenvalue weighted by Gasteiger charge is -2.18. The van der Waals surface area contributed by atoms with Crippen molar-refractivity contribution in [2.75, 3.05) is 5.75 Å². The molecule has 0 aromatic heterocycles. The van der Waals surface area contributed by atoms with Crippen molar-refractivity contribution in [1.29, 1.82) is 0 Å². The molecular weight excluding hydrogens is 353 g/mol. The first kappa shape index (κ1) is 24.9. The second-order valence-corrected chi connectivity index (χ2v) is 7.55. The van der Waals surface area contributed by atoms with Gasteiger partial charge in [-0.3, -0.25) is 4.79 Å². The van der Waals surface area contributed by atoms with E-state index in [-0.39, 0.29) is 18.1 Å². The summed E-state index contributed by atoms with van der Waals surface area (Å²) in [5.74, 6) is -3.24. The number of halogens is 3. The predicted octanol–water partition coefficient (Wildman–Crippen LogP) is 1.41. The number of hydrogen-bond acceptors (Lipinski definition) is 5. The summed E-state index contributed by atoms with van der Waals surface area (Å²) in [6.45, 7) is 4.05. The Hall–Kier alpha value is -1.36. The van der Waals surface area contributed by atoms with Gasteiger partial charge in [0, 0.05) is 0 Å². The number of nitrogens with two attached hydrogens (primary N) is 2. The number of rotatable bonds is 9. The van der Waals surface area contributed by atoms with Gasteiger partial charge in [-0.25, -0.2) is 13.2 Å². The molecule has 7 nitrogen and oxygen atoms in total. The van der Waals surface area contributed by atoms with E-state index in [1.54, 1.807) is 0 Å². The van der Waals surface area contributed by atoms with Crippen molar-refractivity contribution >= 4 is 21.7 Å². The highest BCUT2D eigenvalue weighted by molar-refractivity contribution is 7.92. The molecule has 0 saturated carbocycles. The number of amides is 1. The lowest BCUT2D eigenvalue weighted by Crippen LogP contribution is -2.38. The van der Waals surface area contributed by atoms with Crippen LogP contribution in [0.3, 0.4) is 0 Å². The molecule has 0 aliphatic rings. The van der Waals surface area contributed by atoms with E-state index in [9.17, 15) is 26.4 Å². The summed E-state index contributed by atoms with van der Waals surface area (Å²) in [6.07, 6.45) is -1.74. The van der Waals surface area contributed by atoms with E-state index in [0.29, 0.717) is 0 Å². The zero-order valence-electron chi connectivity index (χ0n) is 13.7. The predicted molar refractivity (Wildman–Crippen MR) is 82.6 cm³/mol. The van der Waals surface area contributed by atoms with Gasteiger partial charge < -0.3 is 16.6 Å². The Balaban J connectivity index is 0. The molecule has 5 N–H and O–H groups in total. The van der Waals surface area contributed by atoms with E-state index in [2.05, 4.69) is 0 Å². The monoisotopic (exact) mass is 378 g/mol. The molecule has 0 aliphatic heterocycles. The van der Waals surface area contributed by atoms with Crippen LogP contribution in [0, 0.1) is 5.92 Å². The summed E-state index contributed by atoms with van der Waals surface area (Å²) < 4.78 is 55.5. The molecule has 0 fully saturated rings. The molecule has 0 spiro atoms. The smallest absolute Gasteiger partial charge is 0.475 e. The molecule has 0 aromatic carbocycles. The summed E-state index contributed by atoms with van der Waals surface area (Å²) >= 11 is 0. The standard InChI is InChI=1S/C11H24N2O3S.C2HF3O2/c1-3-5-9(6-4-2)8-17(15,16)11(13)7-10(12)14;3-2(4,5)1(6)7/h9,11H,3-8,13H2,1-2H3,(H2,12,14);(H,6,7). The first-order valence-corrected chi connectivity index (χ1v) is 9.04. The second-order valence-electron chi connectivity index (χ2n) is 5.28. The Labute approximate surface area is 139 Å². The third kappa shape index (κ3) is 12.1. The minimum Gasteiger partial charge on any atom is -0.475 e. The average Bonchev–Trinajstić information content (AvgIpc) is 2.37. The number of alkyl halides is 3. The van der Waals surface area contributed by atoms with Crippen molar-refractivity contribution < 1.29 is 36.3 Å². The molecule has 0 radical (unpaired) electrons. The van der Waals surface area contributed by atoms with Gasteiger partial charge in [0.25, 0.3) is 0 Å². The number of carbonyl (C=O) groups is 2. The normalized spacial score (nSPS) is 13.1. The number of sulfone groups is 1. The Morgan fingerprint density at radius 3 is 1.75 bits per heavy atom. The van der Waals surface area contributed by atoms with E-state index in [1.165, 1.54) is 0 Å². The number of carboxylic acids is 1. The second kappa shape index (κ2) is 11.2. The van der Waals surface area contributed by atoms with Crippen LogP contribution in [0.1, 0.15) is 46.0 Å². The maximum absolute atomic E-state index is 11.9. The topological polar surface area (TPSA) is 141 Å². The van der Waals surface area contributed by atoms with Crippen LogP contribution < -0.4 is 11.5 Å². The fourth-order valence-corrected chi connectivity index (χ4v) is 3.56. The summed E-state index contributed by atoms with van der Waals surface area (Å²) in [6, 6.07) is 0. The van der Waals surface area contributed by atoms with Crippen molar-refractivity contribution in [2.24, 2.45) is 17.4 Å².